The molecule has 2 rings (SSSR count). The van der Waals surface area contributed by atoms with Crippen molar-refractivity contribution in [2.24, 2.45) is 0 Å². The van der Waals surface area contributed by atoms with Gasteiger partial charge in [-0.2, -0.15) is 0 Å². The smallest absolute Gasteiger partial charge is 0.134 e. The summed E-state index contributed by atoms with van der Waals surface area (Å²) in [7, 11) is 0. The van der Waals surface area contributed by atoms with Crippen LogP contribution < -0.4 is 5.32 Å². The molecule has 19 heavy (non-hydrogen) atoms. The van der Waals surface area contributed by atoms with Crippen LogP contribution in [0.5, 0.6) is 0 Å². The van der Waals surface area contributed by atoms with Crippen LogP contribution in [0.4, 0.5) is 0 Å². The van der Waals surface area contributed by atoms with Gasteiger partial charge in [0.1, 0.15) is 11.3 Å². The molecule has 0 saturated carbocycles. The lowest BCUT2D eigenvalue weighted by atomic mass is 10.1. The minimum Gasteiger partial charge on any atom is -0.461 e. The molecule has 0 amide bonds. The second-order valence-electron chi connectivity index (χ2n) is 4.98. The van der Waals surface area contributed by atoms with Gasteiger partial charge in [0.05, 0.1) is 0 Å². The molecule has 1 unspecified atom stereocenters. The summed E-state index contributed by atoms with van der Waals surface area (Å²) in [6.07, 6.45) is 4.53. The van der Waals surface area contributed by atoms with Gasteiger partial charge in [0.2, 0.25) is 0 Å². The van der Waals surface area contributed by atoms with Crippen LogP contribution in [0.25, 0.3) is 11.0 Å². The summed E-state index contributed by atoms with van der Waals surface area (Å²) in [5.41, 5.74) is 0.926. The van der Waals surface area contributed by atoms with Gasteiger partial charge in [-0.3, -0.25) is 0 Å². The molecule has 0 aliphatic heterocycles. The maximum atomic E-state index is 5.99. The Morgan fingerprint density at radius 3 is 2.79 bits per heavy atom. The Labute approximate surface area is 120 Å². The lowest BCUT2D eigenvalue weighted by Crippen LogP contribution is -2.29. The highest BCUT2D eigenvalue weighted by Crippen LogP contribution is 2.24. The summed E-state index contributed by atoms with van der Waals surface area (Å²) in [6, 6.07) is 8.46. The van der Waals surface area contributed by atoms with Crippen LogP contribution in [0, 0.1) is 0 Å². The summed E-state index contributed by atoms with van der Waals surface area (Å²) in [5, 5.41) is 5.39. The highest BCUT2D eigenvalue weighted by atomic mass is 35.5. The predicted octanol–water partition coefficient (Wildman–Crippen LogP) is 4.80. The summed E-state index contributed by atoms with van der Waals surface area (Å²) in [6.45, 7) is 5.42. The van der Waals surface area contributed by atoms with E-state index < -0.39 is 0 Å². The Hall–Kier alpha value is -0.990. The molecule has 0 aliphatic carbocycles. The molecule has 104 valence electrons. The molecule has 0 fully saturated rings. The molecule has 1 heterocycles. The molecule has 3 heteroatoms. The first-order chi connectivity index (χ1) is 9.22. The number of hydrogen-bond acceptors (Lipinski definition) is 2. The van der Waals surface area contributed by atoms with E-state index in [0.29, 0.717) is 6.04 Å². The lowest BCUT2D eigenvalue weighted by molar-refractivity contribution is 0.437. The van der Waals surface area contributed by atoms with Crippen molar-refractivity contribution >= 4 is 22.6 Å². The zero-order valence-corrected chi connectivity index (χ0v) is 12.5. The first kappa shape index (κ1) is 14.4. The molecular weight excluding hydrogens is 258 g/mol. The third-order valence-corrected chi connectivity index (χ3v) is 3.63. The van der Waals surface area contributed by atoms with Gasteiger partial charge in [0, 0.05) is 22.9 Å². The second-order valence-corrected chi connectivity index (χ2v) is 5.41. The van der Waals surface area contributed by atoms with E-state index in [1.54, 1.807) is 0 Å². The van der Waals surface area contributed by atoms with E-state index in [9.17, 15) is 0 Å². The van der Waals surface area contributed by atoms with E-state index in [1.165, 1.54) is 12.8 Å². The van der Waals surface area contributed by atoms with Gasteiger partial charge >= 0.3 is 0 Å². The van der Waals surface area contributed by atoms with Gasteiger partial charge in [-0.05, 0) is 43.7 Å². The average Bonchev–Trinajstić information content (AvgIpc) is 2.78. The van der Waals surface area contributed by atoms with Crippen molar-refractivity contribution in [3.8, 4) is 0 Å². The average molecular weight is 280 g/mol. The van der Waals surface area contributed by atoms with Crippen LogP contribution in [0.2, 0.25) is 5.02 Å². The molecule has 2 aromatic rings. The molecule has 1 N–H and O–H groups in total. The van der Waals surface area contributed by atoms with Crippen LogP contribution in [-0.2, 0) is 6.42 Å². The summed E-state index contributed by atoms with van der Waals surface area (Å²) >= 11 is 5.99. The zero-order valence-electron chi connectivity index (χ0n) is 11.7. The lowest BCUT2D eigenvalue weighted by Gasteiger charge is -2.15. The molecule has 1 atom stereocenters. The summed E-state index contributed by atoms with van der Waals surface area (Å²) < 4.78 is 5.84. The van der Waals surface area contributed by atoms with E-state index in [4.69, 9.17) is 16.0 Å². The van der Waals surface area contributed by atoms with Crippen LogP contribution >= 0.6 is 11.6 Å². The zero-order chi connectivity index (χ0) is 13.7. The van der Waals surface area contributed by atoms with Crippen LogP contribution in [0.3, 0.4) is 0 Å². The normalized spacial score (nSPS) is 13.0. The van der Waals surface area contributed by atoms with E-state index >= 15 is 0 Å². The number of nitrogens with one attached hydrogen (secondary N) is 1. The van der Waals surface area contributed by atoms with Crippen LogP contribution in [0.15, 0.2) is 28.7 Å². The fourth-order valence-corrected chi connectivity index (χ4v) is 2.68. The predicted molar refractivity (Wildman–Crippen MR) is 81.9 cm³/mol. The molecule has 1 aromatic heterocycles. The molecular formula is C16H22ClNO. The van der Waals surface area contributed by atoms with Gasteiger partial charge in [-0.25, -0.2) is 0 Å². The van der Waals surface area contributed by atoms with Gasteiger partial charge in [-0.15, -0.1) is 0 Å². The number of benzene rings is 1. The van der Waals surface area contributed by atoms with Gasteiger partial charge < -0.3 is 9.73 Å². The van der Waals surface area contributed by atoms with Crippen molar-refractivity contribution in [2.75, 3.05) is 6.54 Å². The topological polar surface area (TPSA) is 25.2 Å². The quantitative estimate of drug-likeness (QED) is 0.788. The molecule has 0 spiro atoms. The Balaban J connectivity index is 2.00. The SMILES string of the molecule is CCCC(CCc1cc2cc(Cl)ccc2o1)NCC. The molecule has 0 saturated heterocycles. The number of furan rings is 1. The Morgan fingerprint density at radius 2 is 2.05 bits per heavy atom. The monoisotopic (exact) mass is 279 g/mol. The van der Waals surface area contributed by atoms with Crippen molar-refractivity contribution in [2.45, 2.75) is 45.6 Å². The number of rotatable bonds is 7. The molecule has 1 aromatic carbocycles. The highest BCUT2D eigenvalue weighted by molar-refractivity contribution is 6.31. The first-order valence-electron chi connectivity index (χ1n) is 7.14. The minimum atomic E-state index is 0.590. The van der Waals surface area contributed by atoms with Gasteiger partial charge in [-0.1, -0.05) is 31.9 Å². The molecule has 0 radical (unpaired) electrons. The molecule has 2 nitrogen and oxygen atoms in total. The Kier molecular flexibility index (Phi) is 5.29. The van der Waals surface area contributed by atoms with Crippen LogP contribution in [0.1, 0.15) is 38.9 Å². The van der Waals surface area contributed by atoms with E-state index in [2.05, 4.69) is 25.2 Å². The van der Waals surface area contributed by atoms with Crippen molar-refractivity contribution in [1.29, 1.82) is 0 Å². The number of halogens is 1. The third-order valence-electron chi connectivity index (χ3n) is 3.40. The number of hydrogen-bond donors (Lipinski definition) is 1. The second kappa shape index (κ2) is 6.97. The van der Waals surface area contributed by atoms with E-state index in [1.807, 2.05) is 18.2 Å². The summed E-state index contributed by atoms with van der Waals surface area (Å²) in [4.78, 5) is 0. The number of fused-ring (bicyclic) bond motifs is 1. The Morgan fingerprint density at radius 1 is 1.21 bits per heavy atom. The van der Waals surface area contributed by atoms with Crippen molar-refractivity contribution in [3.05, 3.63) is 35.0 Å². The fourth-order valence-electron chi connectivity index (χ4n) is 2.49. The van der Waals surface area contributed by atoms with Crippen molar-refractivity contribution < 1.29 is 4.42 Å². The highest BCUT2D eigenvalue weighted by Gasteiger charge is 2.09. The Bertz CT molecular complexity index is 514. The standard InChI is InChI=1S/C16H22ClNO/c1-3-5-14(18-4-2)7-8-15-11-12-10-13(17)6-9-16(12)19-15/h6,9-11,14,18H,3-5,7-8H2,1-2H3. The van der Waals surface area contributed by atoms with Crippen LogP contribution in [-0.4, -0.2) is 12.6 Å². The molecule has 0 aliphatic rings. The van der Waals surface area contributed by atoms with Gasteiger partial charge in [0.15, 0.2) is 0 Å². The fraction of sp³-hybridized carbons (Fsp3) is 0.500. The first-order valence-corrected chi connectivity index (χ1v) is 7.52. The van der Waals surface area contributed by atoms with Gasteiger partial charge in [0.25, 0.3) is 0 Å². The molecule has 0 bridgehead atoms. The van der Waals surface area contributed by atoms with E-state index in [-0.39, 0.29) is 0 Å². The van der Waals surface area contributed by atoms with Crippen molar-refractivity contribution in [1.82, 2.24) is 5.32 Å². The number of aryl methyl sites for hydroxylation is 1. The minimum absolute atomic E-state index is 0.590. The maximum absolute atomic E-state index is 5.99. The summed E-state index contributed by atoms with van der Waals surface area (Å²) in [5.74, 6) is 1.05. The maximum Gasteiger partial charge on any atom is 0.134 e. The third kappa shape index (κ3) is 3.99. The van der Waals surface area contributed by atoms with Crippen molar-refractivity contribution in [3.63, 3.8) is 0 Å². The van der Waals surface area contributed by atoms with E-state index in [0.717, 1.165) is 41.1 Å². The largest absolute Gasteiger partial charge is 0.461 e.